The predicted octanol–water partition coefficient (Wildman–Crippen LogP) is 3.54. The molecule has 7 heteroatoms. The van der Waals surface area contributed by atoms with Crippen LogP contribution in [0.15, 0.2) is 47.3 Å². The Morgan fingerprint density at radius 1 is 1.17 bits per heavy atom. The van der Waals surface area contributed by atoms with Crippen molar-refractivity contribution >= 4 is 22.6 Å². The van der Waals surface area contributed by atoms with Crippen molar-refractivity contribution in [3.05, 3.63) is 69.8 Å². The summed E-state index contributed by atoms with van der Waals surface area (Å²) in [5.74, 6) is 0.488. The molecule has 0 spiro atoms. The molecule has 3 aromatic rings. The zero-order valence-electron chi connectivity index (χ0n) is 17.2. The van der Waals surface area contributed by atoms with Gasteiger partial charge in [0.2, 0.25) is 0 Å². The van der Waals surface area contributed by atoms with E-state index in [0.717, 1.165) is 16.8 Å². The second-order valence-electron chi connectivity index (χ2n) is 7.00. The number of aryl methyl sites for hydroxylation is 1. The van der Waals surface area contributed by atoms with Crippen LogP contribution in [0.1, 0.15) is 29.9 Å². The van der Waals surface area contributed by atoms with E-state index in [1.54, 1.807) is 23.8 Å². The second kappa shape index (κ2) is 8.87. The summed E-state index contributed by atoms with van der Waals surface area (Å²) < 4.78 is 6.71. The van der Waals surface area contributed by atoms with Crippen molar-refractivity contribution < 1.29 is 9.53 Å². The summed E-state index contributed by atoms with van der Waals surface area (Å²) in [6.45, 7) is 6.49. The lowest BCUT2D eigenvalue weighted by Gasteiger charge is -2.20. The Kier molecular flexibility index (Phi) is 6.29. The maximum absolute atomic E-state index is 13.0. The van der Waals surface area contributed by atoms with Crippen molar-refractivity contribution in [3.63, 3.8) is 0 Å². The fraction of sp³-hybridized carbons (Fsp3) is 0.318. The van der Waals surface area contributed by atoms with Gasteiger partial charge in [-0.3, -0.25) is 9.36 Å². The first kappa shape index (κ1) is 20.5. The number of amides is 2. The van der Waals surface area contributed by atoms with Crippen LogP contribution in [0.2, 0.25) is 0 Å². The quantitative estimate of drug-likeness (QED) is 0.670. The van der Waals surface area contributed by atoms with Gasteiger partial charge in [0.25, 0.3) is 5.56 Å². The molecule has 2 aromatic carbocycles. The van der Waals surface area contributed by atoms with Crippen LogP contribution in [0.3, 0.4) is 0 Å². The summed E-state index contributed by atoms with van der Waals surface area (Å²) in [7, 11) is 1.58. The molecule has 1 aromatic heterocycles. The van der Waals surface area contributed by atoms with E-state index in [0.29, 0.717) is 29.9 Å². The van der Waals surface area contributed by atoms with Crippen LogP contribution in [0.25, 0.3) is 10.9 Å². The van der Waals surface area contributed by atoms with Gasteiger partial charge in [0, 0.05) is 12.8 Å². The largest absolute Gasteiger partial charge is 0.383 e. The third kappa shape index (κ3) is 4.46. The van der Waals surface area contributed by atoms with E-state index >= 15 is 0 Å². The molecular weight excluding hydrogens is 368 g/mol. The molecule has 0 unspecified atom stereocenters. The SMILES string of the molecule is COCCn1c([C@H](C)NC(=O)Nc2cccc(C)c2C)nc2ccccc2c1=O. The average Bonchev–Trinajstić information content (AvgIpc) is 2.70. The topological polar surface area (TPSA) is 85.2 Å². The highest BCUT2D eigenvalue weighted by molar-refractivity contribution is 5.90. The molecule has 2 N–H and O–H groups in total. The third-order valence-electron chi connectivity index (χ3n) is 5.00. The summed E-state index contributed by atoms with van der Waals surface area (Å²) in [6.07, 6.45) is 0. The van der Waals surface area contributed by atoms with Crippen LogP contribution in [-0.4, -0.2) is 29.3 Å². The molecule has 0 saturated heterocycles. The summed E-state index contributed by atoms with van der Waals surface area (Å²) in [6, 6.07) is 12.1. The number of carbonyl (C=O) groups is 1. The van der Waals surface area contributed by atoms with Crippen LogP contribution in [0.4, 0.5) is 10.5 Å². The highest BCUT2D eigenvalue weighted by atomic mass is 16.5. The molecule has 1 atom stereocenters. The Bertz CT molecular complexity index is 1090. The number of para-hydroxylation sites is 1. The molecule has 0 bridgehead atoms. The Balaban J connectivity index is 1.89. The summed E-state index contributed by atoms with van der Waals surface area (Å²) in [5.41, 5.74) is 3.31. The van der Waals surface area contributed by atoms with E-state index in [-0.39, 0.29) is 11.6 Å². The third-order valence-corrected chi connectivity index (χ3v) is 5.00. The minimum Gasteiger partial charge on any atom is -0.383 e. The van der Waals surface area contributed by atoms with Crippen LogP contribution in [0.5, 0.6) is 0 Å². The molecule has 0 radical (unpaired) electrons. The van der Waals surface area contributed by atoms with E-state index in [2.05, 4.69) is 15.6 Å². The summed E-state index contributed by atoms with van der Waals surface area (Å²) >= 11 is 0. The lowest BCUT2D eigenvalue weighted by molar-refractivity contribution is 0.184. The van der Waals surface area contributed by atoms with Crippen molar-refractivity contribution in [2.24, 2.45) is 0 Å². The molecule has 3 rings (SSSR count). The Hall–Kier alpha value is -3.19. The number of hydrogen-bond acceptors (Lipinski definition) is 4. The highest BCUT2D eigenvalue weighted by Crippen LogP contribution is 2.19. The molecular formula is C22H26N4O3. The molecule has 0 saturated carbocycles. The van der Waals surface area contributed by atoms with Gasteiger partial charge in [-0.25, -0.2) is 9.78 Å². The van der Waals surface area contributed by atoms with Crippen LogP contribution >= 0.6 is 0 Å². The number of anilines is 1. The number of nitrogens with one attached hydrogen (secondary N) is 2. The van der Waals surface area contributed by atoms with E-state index in [9.17, 15) is 9.59 Å². The number of benzene rings is 2. The van der Waals surface area contributed by atoms with E-state index < -0.39 is 6.04 Å². The summed E-state index contributed by atoms with van der Waals surface area (Å²) in [4.78, 5) is 30.2. The minimum absolute atomic E-state index is 0.147. The van der Waals surface area contributed by atoms with Crippen molar-refractivity contribution in [2.75, 3.05) is 19.0 Å². The molecule has 0 aliphatic rings. The normalized spacial score (nSPS) is 12.0. The Morgan fingerprint density at radius 2 is 1.93 bits per heavy atom. The molecule has 2 amide bonds. The second-order valence-corrected chi connectivity index (χ2v) is 7.00. The molecule has 152 valence electrons. The summed E-state index contributed by atoms with van der Waals surface area (Å²) in [5, 5.41) is 6.30. The van der Waals surface area contributed by atoms with Gasteiger partial charge in [-0.2, -0.15) is 0 Å². The van der Waals surface area contributed by atoms with Gasteiger partial charge in [-0.05, 0) is 50.1 Å². The molecule has 0 fully saturated rings. The molecule has 0 aliphatic carbocycles. The number of fused-ring (bicyclic) bond motifs is 1. The lowest BCUT2D eigenvalue weighted by atomic mass is 10.1. The Morgan fingerprint density at radius 3 is 2.69 bits per heavy atom. The van der Waals surface area contributed by atoms with Crippen LogP contribution < -0.4 is 16.2 Å². The van der Waals surface area contributed by atoms with Gasteiger partial charge in [0.15, 0.2) is 0 Å². The number of methoxy groups -OCH3 is 1. The van der Waals surface area contributed by atoms with Crippen LogP contribution in [0, 0.1) is 13.8 Å². The molecule has 1 heterocycles. The first-order chi connectivity index (χ1) is 13.9. The number of urea groups is 1. The van der Waals surface area contributed by atoms with E-state index in [1.165, 1.54) is 0 Å². The number of nitrogens with zero attached hydrogens (tertiary/aromatic N) is 2. The highest BCUT2D eigenvalue weighted by Gasteiger charge is 2.18. The van der Waals surface area contributed by atoms with E-state index in [4.69, 9.17) is 4.74 Å². The predicted molar refractivity (Wildman–Crippen MR) is 114 cm³/mol. The van der Waals surface area contributed by atoms with Gasteiger partial charge in [0.05, 0.1) is 30.1 Å². The van der Waals surface area contributed by atoms with Gasteiger partial charge < -0.3 is 15.4 Å². The average molecular weight is 394 g/mol. The lowest BCUT2D eigenvalue weighted by Crippen LogP contribution is -2.36. The van der Waals surface area contributed by atoms with Crippen molar-refractivity contribution in [3.8, 4) is 0 Å². The number of rotatable bonds is 6. The Labute approximate surface area is 169 Å². The maximum Gasteiger partial charge on any atom is 0.319 e. The first-order valence-electron chi connectivity index (χ1n) is 9.54. The van der Waals surface area contributed by atoms with Gasteiger partial charge in [-0.1, -0.05) is 24.3 Å². The zero-order valence-corrected chi connectivity index (χ0v) is 17.2. The zero-order chi connectivity index (χ0) is 21.0. The molecule has 7 nitrogen and oxygen atoms in total. The number of ether oxygens (including phenoxy) is 1. The van der Waals surface area contributed by atoms with Gasteiger partial charge in [-0.15, -0.1) is 0 Å². The number of carbonyl (C=O) groups excluding carboxylic acids is 1. The van der Waals surface area contributed by atoms with Crippen LogP contribution in [-0.2, 0) is 11.3 Å². The minimum atomic E-state index is -0.478. The van der Waals surface area contributed by atoms with E-state index in [1.807, 2.05) is 51.1 Å². The standard InChI is InChI=1S/C22H26N4O3/c1-14-8-7-11-18(15(14)2)25-22(28)23-16(3)20-24-19-10-6-5-9-17(19)21(27)26(20)12-13-29-4/h5-11,16H,12-13H2,1-4H3,(H2,23,25,28)/t16-/m0/s1. The monoisotopic (exact) mass is 394 g/mol. The maximum atomic E-state index is 13.0. The smallest absolute Gasteiger partial charge is 0.319 e. The van der Waals surface area contributed by atoms with Gasteiger partial charge >= 0.3 is 6.03 Å². The van der Waals surface area contributed by atoms with Crippen molar-refractivity contribution in [1.29, 1.82) is 0 Å². The fourth-order valence-electron chi connectivity index (χ4n) is 3.22. The first-order valence-corrected chi connectivity index (χ1v) is 9.54. The number of hydrogen-bond donors (Lipinski definition) is 2. The number of aromatic nitrogens is 2. The van der Waals surface area contributed by atoms with Crippen molar-refractivity contribution in [2.45, 2.75) is 33.4 Å². The van der Waals surface area contributed by atoms with Gasteiger partial charge in [0.1, 0.15) is 5.82 Å². The van der Waals surface area contributed by atoms with Crippen molar-refractivity contribution in [1.82, 2.24) is 14.9 Å². The molecule has 29 heavy (non-hydrogen) atoms. The fourth-order valence-corrected chi connectivity index (χ4v) is 3.22. The molecule has 0 aliphatic heterocycles.